The number of rotatable bonds is 10. The van der Waals surface area contributed by atoms with Gasteiger partial charge in [0.05, 0.1) is 32.1 Å². The number of hydrogen-bond acceptors (Lipinski definition) is 6. The van der Waals surface area contributed by atoms with Crippen LogP contribution in [0.15, 0.2) is 47.4 Å². The van der Waals surface area contributed by atoms with E-state index in [1.54, 1.807) is 42.5 Å². The molecule has 1 fully saturated rings. The molecule has 1 heterocycles. The minimum atomic E-state index is -3.76. The highest BCUT2D eigenvalue weighted by Gasteiger charge is 2.44. The van der Waals surface area contributed by atoms with Crippen LogP contribution in [0.5, 0.6) is 17.2 Å². The predicted octanol–water partition coefficient (Wildman–Crippen LogP) is 3.28. The summed E-state index contributed by atoms with van der Waals surface area (Å²) in [6, 6.07) is 11.9. The number of benzene rings is 2. The van der Waals surface area contributed by atoms with Crippen LogP contribution in [-0.2, 0) is 14.8 Å². The molecule has 1 aliphatic heterocycles. The van der Waals surface area contributed by atoms with Gasteiger partial charge in [-0.05, 0) is 42.2 Å². The van der Waals surface area contributed by atoms with Gasteiger partial charge in [-0.25, -0.2) is 8.42 Å². The molecule has 1 aliphatic rings. The molecule has 2 aromatic rings. The van der Waals surface area contributed by atoms with E-state index in [9.17, 15) is 13.2 Å². The van der Waals surface area contributed by atoms with Crippen molar-refractivity contribution in [3.05, 3.63) is 48.0 Å². The van der Waals surface area contributed by atoms with Crippen LogP contribution in [0.3, 0.4) is 0 Å². The Balaban J connectivity index is 1.99. The topological polar surface area (TPSA) is 94.2 Å². The summed E-state index contributed by atoms with van der Waals surface area (Å²) in [5.74, 6) is 0.702. The first-order chi connectivity index (χ1) is 16.2. The van der Waals surface area contributed by atoms with Crippen LogP contribution >= 0.6 is 0 Å². The third kappa shape index (κ3) is 5.47. The zero-order valence-corrected chi connectivity index (χ0v) is 21.2. The maximum Gasteiger partial charge on any atom is 0.243 e. The van der Waals surface area contributed by atoms with Crippen LogP contribution in [-0.4, -0.2) is 59.6 Å². The van der Waals surface area contributed by atoms with Crippen molar-refractivity contribution in [1.29, 1.82) is 0 Å². The third-order valence-electron chi connectivity index (χ3n) is 6.14. The van der Waals surface area contributed by atoms with Gasteiger partial charge in [-0.15, -0.1) is 0 Å². The van der Waals surface area contributed by atoms with E-state index in [1.165, 1.54) is 25.6 Å². The van der Waals surface area contributed by atoms with Crippen molar-refractivity contribution in [3.8, 4) is 17.2 Å². The molecule has 8 nitrogen and oxygen atoms in total. The molecule has 0 spiro atoms. The van der Waals surface area contributed by atoms with Gasteiger partial charge in [0.15, 0.2) is 11.5 Å². The van der Waals surface area contributed by atoms with Gasteiger partial charge in [-0.3, -0.25) is 4.79 Å². The Bertz CT molecular complexity index is 1060. The molecule has 1 amide bonds. The second-order valence-corrected chi connectivity index (χ2v) is 10.7. The molecule has 2 aromatic carbocycles. The van der Waals surface area contributed by atoms with Crippen molar-refractivity contribution in [2.75, 3.05) is 41.0 Å². The van der Waals surface area contributed by atoms with Gasteiger partial charge in [0, 0.05) is 25.6 Å². The van der Waals surface area contributed by atoms with Gasteiger partial charge in [-0.1, -0.05) is 32.0 Å². The molecule has 2 atom stereocenters. The van der Waals surface area contributed by atoms with E-state index in [0.29, 0.717) is 29.7 Å². The van der Waals surface area contributed by atoms with E-state index in [-0.39, 0.29) is 29.8 Å². The highest BCUT2D eigenvalue weighted by atomic mass is 32.2. The summed E-state index contributed by atoms with van der Waals surface area (Å²) < 4.78 is 44.5. The van der Waals surface area contributed by atoms with E-state index in [2.05, 4.69) is 19.2 Å². The molecule has 1 N–H and O–H groups in total. The lowest BCUT2D eigenvalue weighted by Crippen LogP contribution is -2.36. The normalized spacial score (nSPS) is 18.6. The number of methoxy groups -OCH3 is 3. The Hall–Kier alpha value is -2.78. The van der Waals surface area contributed by atoms with Crippen LogP contribution in [0.25, 0.3) is 0 Å². The Labute approximate surface area is 202 Å². The Kier molecular flexibility index (Phi) is 8.43. The summed E-state index contributed by atoms with van der Waals surface area (Å²) in [4.78, 5) is 13.4. The summed E-state index contributed by atoms with van der Waals surface area (Å²) in [5, 5.41) is 3.00. The van der Waals surface area contributed by atoms with Crippen LogP contribution in [0, 0.1) is 11.8 Å². The summed E-state index contributed by atoms with van der Waals surface area (Å²) in [6.07, 6.45) is 0.847. The predicted molar refractivity (Wildman–Crippen MR) is 130 cm³/mol. The average molecular weight is 491 g/mol. The smallest absolute Gasteiger partial charge is 0.243 e. The maximum absolute atomic E-state index is 13.4. The molecule has 0 unspecified atom stereocenters. The largest absolute Gasteiger partial charge is 0.493 e. The minimum absolute atomic E-state index is 0.0894. The number of hydrogen-bond donors (Lipinski definition) is 1. The van der Waals surface area contributed by atoms with Gasteiger partial charge < -0.3 is 19.5 Å². The first-order valence-corrected chi connectivity index (χ1v) is 12.8. The van der Waals surface area contributed by atoms with E-state index in [4.69, 9.17) is 14.2 Å². The molecule has 0 radical (unpaired) electrons. The van der Waals surface area contributed by atoms with E-state index < -0.39 is 15.9 Å². The molecule has 0 saturated carbocycles. The highest BCUT2D eigenvalue weighted by molar-refractivity contribution is 7.89. The van der Waals surface area contributed by atoms with Crippen molar-refractivity contribution >= 4 is 15.9 Å². The van der Waals surface area contributed by atoms with E-state index >= 15 is 0 Å². The quantitative estimate of drug-likeness (QED) is 0.549. The monoisotopic (exact) mass is 490 g/mol. The van der Waals surface area contributed by atoms with Gasteiger partial charge in [0.2, 0.25) is 21.7 Å². The molecule has 0 aliphatic carbocycles. The van der Waals surface area contributed by atoms with Gasteiger partial charge in [-0.2, -0.15) is 4.31 Å². The fourth-order valence-corrected chi connectivity index (χ4v) is 5.75. The number of nitrogens with one attached hydrogen (secondary N) is 1. The third-order valence-corrected chi connectivity index (χ3v) is 7.99. The number of nitrogens with zero attached hydrogens (tertiary/aromatic N) is 1. The van der Waals surface area contributed by atoms with Crippen LogP contribution in [0.4, 0.5) is 0 Å². The van der Waals surface area contributed by atoms with Crippen molar-refractivity contribution in [1.82, 2.24) is 9.62 Å². The Morgan fingerprint density at radius 3 is 2.18 bits per heavy atom. The zero-order chi connectivity index (χ0) is 24.9. The standard InChI is InChI=1S/C25H34N2O6S/c1-17(2)11-12-26-25(28)21-16-27(34(29,30)19-9-7-6-8-10-19)15-20(21)18-13-22(31-3)24(33-5)23(14-18)32-4/h6-10,13-14,17,20-21H,11-12,15-16H2,1-5H3,(H,26,28)/t20-,21+/m1/s1. The molecule has 186 valence electrons. The number of carbonyl (C=O) groups excluding carboxylic acids is 1. The fraction of sp³-hybridized carbons (Fsp3) is 0.480. The summed E-state index contributed by atoms with van der Waals surface area (Å²) in [7, 11) is 0.816. The first-order valence-electron chi connectivity index (χ1n) is 11.4. The van der Waals surface area contributed by atoms with Crippen molar-refractivity contribution in [2.24, 2.45) is 11.8 Å². The van der Waals surface area contributed by atoms with Crippen LogP contribution < -0.4 is 19.5 Å². The first kappa shape index (κ1) is 25.8. The van der Waals surface area contributed by atoms with Crippen molar-refractivity contribution in [2.45, 2.75) is 31.1 Å². The number of amides is 1. The Morgan fingerprint density at radius 1 is 1.03 bits per heavy atom. The average Bonchev–Trinajstić information content (AvgIpc) is 3.30. The lowest BCUT2D eigenvalue weighted by Gasteiger charge is -2.21. The molecule has 0 bridgehead atoms. The lowest BCUT2D eigenvalue weighted by molar-refractivity contribution is -0.124. The molecular formula is C25H34N2O6S. The second kappa shape index (κ2) is 11.1. The van der Waals surface area contributed by atoms with Crippen molar-refractivity contribution < 1.29 is 27.4 Å². The summed E-state index contributed by atoms with van der Waals surface area (Å²) in [6.45, 7) is 4.98. The van der Waals surface area contributed by atoms with Crippen molar-refractivity contribution in [3.63, 3.8) is 0 Å². The van der Waals surface area contributed by atoms with E-state index in [1.807, 2.05) is 0 Å². The minimum Gasteiger partial charge on any atom is -0.493 e. The maximum atomic E-state index is 13.4. The summed E-state index contributed by atoms with van der Waals surface area (Å²) in [5.41, 5.74) is 0.754. The van der Waals surface area contributed by atoms with E-state index in [0.717, 1.165) is 12.0 Å². The van der Waals surface area contributed by atoms with Gasteiger partial charge >= 0.3 is 0 Å². The molecule has 34 heavy (non-hydrogen) atoms. The molecular weight excluding hydrogens is 456 g/mol. The molecule has 9 heteroatoms. The highest BCUT2D eigenvalue weighted by Crippen LogP contribution is 2.44. The zero-order valence-electron chi connectivity index (χ0n) is 20.4. The molecule has 0 aromatic heterocycles. The lowest BCUT2D eigenvalue weighted by atomic mass is 9.87. The molecule has 3 rings (SSSR count). The fourth-order valence-electron chi connectivity index (χ4n) is 4.24. The second-order valence-electron chi connectivity index (χ2n) is 8.78. The molecule has 1 saturated heterocycles. The Morgan fingerprint density at radius 2 is 1.65 bits per heavy atom. The number of carbonyl (C=O) groups is 1. The van der Waals surface area contributed by atoms with Gasteiger partial charge in [0.1, 0.15) is 0 Å². The number of ether oxygens (including phenoxy) is 3. The van der Waals surface area contributed by atoms with Crippen LogP contribution in [0.2, 0.25) is 0 Å². The SMILES string of the molecule is COc1cc([C@H]2CN(S(=O)(=O)c3ccccc3)C[C@@H]2C(=O)NCCC(C)C)cc(OC)c1OC. The summed E-state index contributed by atoms with van der Waals surface area (Å²) >= 11 is 0. The van der Waals surface area contributed by atoms with Gasteiger partial charge in [0.25, 0.3) is 0 Å². The van der Waals surface area contributed by atoms with Crippen LogP contribution in [0.1, 0.15) is 31.7 Å². The number of sulfonamides is 1.